The van der Waals surface area contributed by atoms with Crippen LogP contribution < -0.4 is 15.5 Å². The number of nitrogens with zero attached hydrogens (tertiary/aromatic N) is 1. The molecule has 2 aliphatic rings. The topological polar surface area (TPSA) is 61.4 Å². The first-order chi connectivity index (χ1) is 10.8. The first-order valence-corrected chi connectivity index (χ1v) is 8.15. The molecule has 2 amide bonds. The van der Waals surface area contributed by atoms with Crippen LogP contribution >= 0.6 is 0 Å². The van der Waals surface area contributed by atoms with Gasteiger partial charge in [-0.15, -0.1) is 0 Å². The average Bonchev–Trinajstić information content (AvgIpc) is 3.20. The molecule has 0 saturated carbocycles. The van der Waals surface area contributed by atoms with Crippen LogP contribution in [0.3, 0.4) is 0 Å². The second-order valence-electron chi connectivity index (χ2n) is 5.97. The van der Waals surface area contributed by atoms with Crippen molar-refractivity contribution in [3.05, 3.63) is 29.8 Å². The van der Waals surface area contributed by atoms with Crippen molar-refractivity contribution in [3.8, 4) is 0 Å². The van der Waals surface area contributed by atoms with Gasteiger partial charge in [-0.05, 0) is 43.9 Å². The van der Waals surface area contributed by atoms with E-state index in [1.807, 2.05) is 23.1 Å². The number of amides is 2. The van der Waals surface area contributed by atoms with Gasteiger partial charge in [-0.3, -0.25) is 9.59 Å². The van der Waals surface area contributed by atoms with E-state index in [9.17, 15) is 9.59 Å². The third kappa shape index (κ3) is 3.30. The molecule has 0 spiro atoms. The summed E-state index contributed by atoms with van der Waals surface area (Å²) in [4.78, 5) is 26.0. The van der Waals surface area contributed by atoms with Crippen molar-refractivity contribution in [1.29, 1.82) is 0 Å². The number of rotatable bonds is 5. The fourth-order valence-electron chi connectivity index (χ4n) is 3.22. The molecule has 1 fully saturated rings. The first-order valence-electron chi connectivity index (χ1n) is 8.15. The SMILES string of the molecule is O=C(NCCCC(=O)N1CCc2ccccc21)C1CCCN1. The lowest BCUT2D eigenvalue weighted by Crippen LogP contribution is -2.41. The van der Waals surface area contributed by atoms with Gasteiger partial charge in [0, 0.05) is 25.2 Å². The Kier molecular flexibility index (Phi) is 4.73. The minimum absolute atomic E-state index is 0.0406. The number of fused-ring (bicyclic) bond motifs is 1. The van der Waals surface area contributed by atoms with E-state index in [2.05, 4.69) is 16.7 Å². The van der Waals surface area contributed by atoms with Crippen molar-refractivity contribution in [3.63, 3.8) is 0 Å². The molecule has 1 aromatic rings. The van der Waals surface area contributed by atoms with Gasteiger partial charge in [0.1, 0.15) is 0 Å². The minimum atomic E-state index is -0.0406. The molecule has 3 rings (SSSR count). The molecule has 0 aliphatic carbocycles. The minimum Gasteiger partial charge on any atom is -0.355 e. The maximum atomic E-state index is 12.3. The molecule has 22 heavy (non-hydrogen) atoms. The normalized spacial score (nSPS) is 20.0. The van der Waals surface area contributed by atoms with Crippen molar-refractivity contribution in [1.82, 2.24) is 10.6 Å². The van der Waals surface area contributed by atoms with Crippen LogP contribution in [0.25, 0.3) is 0 Å². The zero-order valence-electron chi connectivity index (χ0n) is 12.8. The molecule has 5 heteroatoms. The highest BCUT2D eigenvalue weighted by atomic mass is 16.2. The Morgan fingerprint density at radius 1 is 1.32 bits per heavy atom. The fourth-order valence-corrected chi connectivity index (χ4v) is 3.22. The molecular weight excluding hydrogens is 278 g/mol. The lowest BCUT2D eigenvalue weighted by Gasteiger charge is -2.17. The predicted octanol–water partition coefficient (Wildman–Crippen LogP) is 1.22. The predicted molar refractivity (Wildman–Crippen MR) is 85.8 cm³/mol. The molecule has 1 unspecified atom stereocenters. The highest BCUT2D eigenvalue weighted by Gasteiger charge is 2.24. The molecule has 118 valence electrons. The first kappa shape index (κ1) is 15.0. The Morgan fingerprint density at radius 2 is 2.18 bits per heavy atom. The Bertz CT molecular complexity index is 553. The van der Waals surface area contributed by atoms with E-state index in [-0.39, 0.29) is 17.9 Å². The second-order valence-corrected chi connectivity index (χ2v) is 5.97. The van der Waals surface area contributed by atoms with Crippen LogP contribution in [-0.2, 0) is 16.0 Å². The Hall–Kier alpha value is -1.88. The van der Waals surface area contributed by atoms with Gasteiger partial charge in [-0.25, -0.2) is 0 Å². The summed E-state index contributed by atoms with van der Waals surface area (Å²) in [6, 6.07) is 8.03. The molecule has 2 N–H and O–H groups in total. The standard InChI is InChI=1S/C17H23N3O2/c21-16(20-12-9-13-5-1-2-7-15(13)20)8-4-11-19-17(22)14-6-3-10-18-14/h1-2,5,7,14,18H,3-4,6,8-12H2,(H,19,22). The van der Waals surface area contributed by atoms with Crippen LogP contribution in [0.15, 0.2) is 24.3 Å². The summed E-state index contributed by atoms with van der Waals surface area (Å²) < 4.78 is 0. The van der Waals surface area contributed by atoms with Gasteiger partial charge in [-0.1, -0.05) is 18.2 Å². The summed E-state index contributed by atoms with van der Waals surface area (Å²) in [5, 5.41) is 6.09. The maximum absolute atomic E-state index is 12.3. The number of anilines is 1. The van der Waals surface area contributed by atoms with Crippen molar-refractivity contribution in [2.45, 2.75) is 38.1 Å². The van der Waals surface area contributed by atoms with E-state index in [0.29, 0.717) is 19.4 Å². The highest BCUT2D eigenvalue weighted by molar-refractivity contribution is 5.95. The second kappa shape index (κ2) is 6.92. The van der Waals surface area contributed by atoms with Gasteiger partial charge in [0.2, 0.25) is 11.8 Å². The molecule has 1 saturated heterocycles. The molecule has 1 atom stereocenters. The van der Waals surface area contributed by atoms with Gasteiger partial charge in [0.15, 0.2) is 0 Å². The molecule has 0 aromatic heterocycles. The molecule has 2 heterocycles. The number of carbonyl (C=O) groups is 2. The smallest absolute Gasteiger partial charge is 0.237 e. The van der Waals surface area contributed by atoms with E-state index in [4.69, 9.17) is 0 Å². The Labute approximate surface area is 131 Å². The van der Waals surface area contributed by atoms with E-state index in [1.54, 1.807) is 0 Å². The fraction of sp³-hybridized carbons (Fsp3) is 0.529. The van der Waals surface area contributed by atoms with Crippen molar-refractivity contribution < 1.29 is 9.59 Å². The van der Waals surface area contributed by atoms with Gasteiger partial charge in [0.05, 0.1) is 6.04 Å². The molecule has 0 bridgehead atoms. The number of nitrogens with one attached hydrogen (secondary N) is 2. The largest absolute Gasteiger partial charge is 0.355 e. The van der Waals surface area contributed by atoms with Crippen LogP contribution in [-0.4, -0.2) is 37.5 Å². The number of carbonyl (C=O) groups excluding carboxylic acids is 2. The average molecular weight is 301 g/mol. The molecule has 2 aliphatic heterocycles. The van der Waals surface area contributed by atoms with Crippen LogP contribution in [0.2, 0.25) is 0 Å². The molecule has 1 aromatic carbocycles. The van der Waals surface area contributed by atoms with Crippen LogP contribution in [0.1, 0.15) is 31.2 Å². The number of hydrogen-bond acceptors (Lipinski definition) is 3. The van der Waals surface area contributed by atoms with Gasteiger partial charge in [0.25, 0.3) is 0 Å². The van der Waals surface area contributed by atoms with E-state index >= 15 is 0 Å². The molecular formula is C17H23N3O2. The van der Waals surface area contributed by atoms with E-state index < -0.39 is 0 Å². The zero-order valence-corrected chi connectivity index (χ0v) is 12.8. The lowest BCUT2D eigenvalue weighted by atomic mass is 10.2. The van der Waals surface area contributed by atoms with Crippen LogP contribution in [0.5, 0.6) is 0 Å². The Balaban J connectivity index is 1.41. The Morgan fingerprint density at radius 3 is 3.00 bits per heavy atom. The van der Waals surface area contributed by atoms with Crippen LogP contribution in [0.4, 0.5) is 5.69 Å². The quantitative estimate of drug-likeness (QED) is 0.804. The number of hydrogen-bond donors (Lipinski definition) is 2. The van der Waals surface area contributed by atoms with E-state index in [0.717, 1.165) is 38.0 Å². The van der Waals surface area contributed by atoms with Crippen molar-refractivity contribution in [2.24, 2.45) is 0 Å². The van der Waals surface area contributed by atoms with Crippen LogP contribution in [0, 0.1) is 0 Å². The van der Waals surface area contributed by atoms with Gasteiger partial charge < -0.3 is 15.5 Å². The van der Waals surface area contributed by atoms with Gasteiger partial charge >= 0.3 is 0 Å². The number of para-hydroxylation sites is 1. The molecule has 0 radical (unpaired) electrons. The van der Waals surface area contributed by atoms with Crippen molar-refractivity contribution >= 4 is 17.5 Å². The monoisotopic (exact) mass is 301 g/mol. The highest BCUT2D eigenvalue weighted by Crippen LogP contribution is 2.27. The summed E-state index contributed by atoms with van der Waals surface area (Å²) in [5.41, 5.74) is 2.29. The van der Waals surface area contributed by atoms with Gasteiger partial charge in [-0.2, -0.15) is 0 Å². The summed E-state index contributed by atoms with van der Waals surface area (Å²) in [7, 11) is 0. The third-order valence-electron chi connectivity index (χ3n) is 4.43. The summed E-state index contributed by atoms with van der Waals surface area (Å²) >= 11 is 0. The third-order valence-corrected chi connectivity index (χ3v) is 4.43. The maximum Gasteiger partial charge on any atom is 0.237 e. The van der Waals surface area contributed by atoms with E-state index in [1.165, 1.54) is 5.56 Å². The zero-order chi connectivity index (χ0) is 15.4. The lowest BCUT2D eigenvalue weighted by molar-refractivity contribution is -0.123. The summed E-state index contributed by atoms with van der Waals surface area (Å²) in [5.74, 6) is 0.217. The van der Waals surface area contributed by atoms with Crippen molar-refractivity contribution in [2.75, 3.05) is 24.5 Å². The summed E-state index contributed by atoms with van der Waals surface area (Å²) in [6.07, 6.45) is 4.08. The molecule has 5 nitrogen and oxygen atoms in total. The number of benzene rings is 1. The summed E-state index contributed by atoms with van der Waals surface area (Å²) in [6.45, 7) is 2.26.